The average molecular weight is 145 g/mol. The summed E-state index contributed by atoms with van der Waals surface area (Å²) in [4.78, 5) is 10.2. The summed E-state index contributed by atoms with van der Waals surface area (Å²) in [6.07, 6.45) is 0.837. The Balaban J connectivity index is 0. The Morgan fingerprint density at radius 1 is 1.60 bits per heavy atom. The molecule has 0 saturated carbocycles. The zero-order valence-corrected chi connectivity index (χ0v) is 5.62. The lowest BCUT2D eigenvalue weighted by atomic mass is 10.6. The van der Waals surface area contributed by atoms with Crippen LogP contribution in [0.4, 0.5) is 0 Å². The van der Waals surface area contributed by atoms with Crippen LogP contribution >= 0.6 is 0 Å². The van der Waals surface area contributed by atoms with Gasteiger partial charge in [-0.05, 0) is 6.08 Å². The molecule has 0 aliphatic heterocycles. The van der Waals surface area contributed by atoms with Gasteiger partial charge in [0.15, 0.2) is 0 Å². The predicted molar refractivity (Wildman–Crippen MR) is 37.5 cm³/mol. The fourth-order valence-corrected chi connectivity index (χ4v) is 0.215. The molecule has 0 aromatic heterocycles. The quantitative estimate of drug-likeness (QED) is 0.260. The van der Waals surface area contributed by atoms with Crippen LogP contribution in [0.1, 0.15) is 0 Å². The van der Waals surface area contributed by atoms with Gasteiger partial charge in [0.1, 0.15) is 0 Å². The minimum atomic E-state index is -1.23. The summed E-state index contributed by atoms with van der Waals surface area (Å²) in [6, 6.07) is 0. The number of carbonyl (C=O) groups excluding carboxylic acids is 1. The number of aliphatic hydroxyl groups is 1. The first-order chi connectivity index (χ1) is 4.20. The number of esters is 1. The highest BCUT2D eigenvalue weighted by atomic mass is 16.6. The molecule has 0 aliphatic rings. The van der Waals surface area contributed by atoms with E-state index in [2.05, 4.69) is 17.9 Å². The van der Waals surface area contributed by atoms with Gasteiger partial charge in [-0.15, -0.1) is 0 Å². The largest absolute Gasteiger partial charge is 0.429 e. The van der Waals surface area contributed by atoms with E-state index < -0.39 is 12.3 Å². The van der Waals surface area contributed by atoms with Gasteiger partial charge < -0.3 is 16.0 Å². The van der Waals surface area contributed by atoms with Gasteiger partial charge in [-0.1, -0.05) is 13.2 Å². The molecule has 0 spiro atoms. The molecule has 0 rings (SSSR count). The van der Waals surface area contributed by atoms with Crippen molar-refractivity contribution in [1.82, 2.24) is 6.15 Å². The van der Waals surface area contributed by atoms with Gasteiger partial charge in [-0.3, -0.25) is 0 Å². The molecule has 0 saturated heterocycles. The topological polar surface area (TPSA) is 81.5 Å². The Bertz CT molecular complexity index is 133. The van der Waals surface area contributed by atoms with Crippen LogP contribution in [0, 0.1) is 0 Å². The number of carbonyl (C=O) groups is 1. The van der Waals surface area contributed by atoms with Gasteiger partial charge in [-0.25, -0.2) is 4.79 Å². The number of hydrogen-bond donors (Lipinski definition) is 2. The van der Waals surface area contributed by atoms with Crippen molar-refractivity contribution < 1.29 is 14.6 Å². The van der Waals surface area contributed by atoms with Crippen LogP contribution in [0.25, 0.3) is 0 Å². The SMILES string of the molecule is C=CC(=O)OC(O)C=C.N. The molecule has 1 atom stereocenters. The van der Waals surface area contributed by atoms with Gasteiger partial charge in [0.25, 0.3) is 0 Å². The first-order valence-electron chi connectivity index (χ1n) is 2.34. The van der Waals surface area contributed by atoms with Crippen LogP contribution < -0.4 is 6.15 Å². The lowest BCUT2D eigenvalue weighted by Gasteiger charge is -2.02. The smallest absolute Gasteiger partial charge is 0.332 e. The molecule has 0 radical (unpaired) electrons. The fraction of sp³-hybridized carbons (Fsp3) is 0.167. The van der Waals surface area contributed by atoms with Crippen LogP contribution in [0.5, 0.6) is 0 Å². The normalized spacial score (nSPS) is 10.5. The summed E-state index contributed by atoms with van der Waals surface area (Å²) in [5, 5.41) is 8.55. The molecule has 4 N–H and O–H groups in total. The summed E-state index contributed by atoms with van der Waals surface area (Å²) < 4.78 is 4.23. The predicted octanol–water partition coefficient (Wildman–Crippen LogP) is 0.382. The van der Waals surface area contributed by atoms with Crippen LogP contribution in [-0.2, 0) is 9.53 Å². The van der Waals surface area contributed by atoms with Crippen LogP contribution in [-0.4, -0.2) is 17.4 Å². The second-order valence-corrected chi connectivity index (χ2v) is 1.27. The molecule has 1 unspecified atom stereocenters. The van der Waals surface area contributed by atoms with Gasteiger partial charge in [0, 0.05) is 6.08 Å². The highest BCUT2D eigenvalue weighted by molar-refractivity contribution is 5.81. The van der Waals surface area contributed by atoms with E-state index in [1.54, 1.807) is 0 Å². The van der Waals surface area contributed by atoms with Crippen molar-refractivity contribution in [1.29, 1.82) is 0 Å². The molecular formula is C6H11NO3. The van der Waals surface area contributed by atoms with Crippen molar-refractivity contribution in [2.75, 3.05) is 0 Å². The number of rotatable bonds is 3. The van der Waals surface area contributed by atoms with E-state index in [0.29, 0.717) is 0 Å². The number of ether oxygens (including phenoxy) is 1. The third-order valence-corrected chi connectivity index (χ3v) is 0.605. The van der Waals surface area contributed by atoms with E-state index in [0.717, 1.165) is 12.2 Å². The third-order valence-electron chi connectivity index (χ3n) is 0.605. The molecule has 4 heteroatoms. The number of aliphatic hydroxyl groups excluding tert-OH is 1. The Morgan fingerprint density at radius 3 is 2.40 bits per heavy atom. The second kappa shape index (κ2) is 6.00. The lowest BCUT2D eigenvalue weighted by molar-refractivity contribution is -0.154. The maximum Gasteiger partial charge on any atom is 0.332 e. The minimum Gasteiger partial charge on any atom is -0.429 e. The summed E-state index contributed by atoms with van der Waals surface area (Å²) in [7, 11) is 0. The monoisotopic (exact) mass is 145 g/mol. The van der Waals surface area contributed by atoms with Crippen molar-refractivity contribution in [2.45, 2.75) is 6.29 Å². The lowest BCUT2D eigenvalue weighted by Crippen LogP contribution is -2.12. The molecule has 10 heavy (non-hydrogen) atoms. The van der Waals surface area contributed by atoms with Gasteiger partial charge in [0.05, 0.1) is 0 Å². The van der Waals surface area contributed by atoms with Gasteiger partial charge >= 0.3 is 5.97 Å². The summed E-state index contributed by atoms with van der Waals surface area (Å²) in [5.41, 5.74) is 0. The second-order valence-electron chi connectivity index (χ2n) is 1.27. The van der Waals surface area contributed by atoms with Crippen LogP contribution in [0.3, 0.4) is 0 Å². The highest BCUT2D eigenvalue weighted by Gasteiger charge is 2.00. The molecule has 0 aromatic rings. The first-order valence-corrected chi connectivity index (χ1v) is 2.34. The zero-order valence-electron chi connectivity index (χ0n) is 5.62. The highest BCUT2D eigenvalue weighted by Crippen LogP contribution is 1.87. The average Bonchev–Trinajstić information content (AvgIpc) is 1.87. The maximum absolute atomic E-state index is 10.2. The van der Waals surface area contributed by atoms with E-state index in [-0.39, 0.29) is 6.15 Å². The standard InChI is InChI=1S/C6H8O3.H3N/c1-3-5(7)9-6(8)4-2;/h3-5,7H,1-2H2;1H3. The molecule has 4 nitrogen and oxygen atoms in total. The van der Waals surface area contributed by atoms with Crippen molar-refractivity contribution >= 4 is 5.97 Å². The Morgan fingerprint density at radius 2 is 2.10 bits per heavy atom. The maximum atomic E-state index is 10.2. The van der Waals surface area contributed by atoms with E-state index in [9.17, 15) is 4.79 Å². The Labute approximate surface area is 59.4 Å². The molecule has 0 amide bonds. The zero-order chi connectivity index (χ0) is 7.28. The first kappa shape index (κ1) is 11.6. The van der Waals surface area contributed by atoms with E-state index in [1.165, 1.54) is 0 Å². The number of hydrogen-bond acceptors (Lipinski definition) is 4. The molecule has 58 valence electrons. The van der Waals surface area contributed by atoms with E-state index in [1.807, 2.05) is 0 Å². The Kier molecular flexibility index (Phi) is 6.98. The van der Waals surface area contributed by atoms with Gasteiger partial charge in [0.2, 0.25) is 6.29 Å². The summed E-state index contributed by atoms with van der Waals surface area (Å²) in [6.45, 7) is 6.31. The van der Waals surface area contributed by atoms with Crippen molar-refractivity contribution in [3.05, 3.63) is 25.3 Å². The fourth-order valence-electron chi connectivity index (χ4n) is 0.215. The van der Waals surface area contributed by atoms with E-state index >= 15 is 0 Å². The molecule has 0 heterocycles. The van der Waals surface area contributed by atoms with Crippen LogP contribution in [0.15, 0.2) is 25.3 Å². The van der Waals surface area contributed by atoms with Gasteiger partial charge in [-0.2, -0.15) is 0 Å². The Hall–Kier alpha value is -1.13. The molecule has 0 fully saturated rings. The summed E-state index contributed by atoms with van der Waals surface area (Å²) >= 11 is 0. The molecule has 0 aliphatic carbocycles. The van der Waals surface area contributed by atoms with Crippen LogP contribution in [0.2, 0.25) is 0 Å². The van der Waals surface area contributed by atoms with Crippen molar-refractivity contribution in [3.63, 3.8) is 0 Å². The van der Waals surface area contributed by atoms with Crippen molar-refractivity contribution in [2.24, 2.45) is 0 Å². The minimum absolute atomic E-state index is 0. The van der Waals surface area contributed by atoms with Crippen molar-refractivity contribution in [3.8, 4) is 0 Å². The van der Waals surface area contributed by atoms with E-state index in [4.69, 9.17) is 5.11 Å². The molecule has 0 bridgehead atoms. The molecular weight excluding hydrogens is 134 g/mol. The molecule has 0 aromatic carbocycles. The third kappa shape index (κ3) is 5.02. The summed E-state index contributed by atoms with van der Waals surface area (Å²) in [5.74, 6) is -0.664.